The van der Waals surface area contributed by atoms with Gasteiger partial charge in [-0.05, 0) is 31.2 Å². The van der Waals surface area contributed by atoms with Crippen LogP contribution >= 0.6 is 0 Å². The van der Waals surface area contributed by atoms with E-state index < -0.39 is 0 Å². The Balaban J connectivity index is 2.10. The molecular weight excluding hydrogens is 248 g/mol. The van der Waals surface area contributed by atoms with Crippen LogP contribution in [0.25, 0.3) is 0 Å². The van der Waals surface area contributed by atoms with Crippen molar-refractivity contribution in [1.29, 1.82) is 0 Å². The van der Waals surface area contributed by atoms with E-state index in [0.717, 1.165) is 0 Å². The van der Waals surface area contributed by atoms with Gasteiger partial charge in [-0.1, -0.05) is 10.3 Å². The Morgan fingerprint density at radius 1 is 1.42 bits per heavy atom. The predicted octanol–water partition coefficient (Wildman–Crippen LogP) is 1.33. The predicted molar refractivity (Wildman–Crippen MR) is 68.1 cm³/mol. The standard InChI is InChI=1S/C12H12N4O3/c1-7-6-10(16-19-7)12(17)14-9-4-2-8(3-5-9)11(13)15-18/h2-6,18H,1H3,(H2,13,15)(H,14,17). The molecule has 1 aromatic heterocycles. The topological polar surface area (TPSA) is 114 Å². The first-order chi connectivity index (χ1) is 9.10. The van der Waals surface area contributed by atoms with Gasteiger partial charge in [-0.3, -0.25) is 4.79 Å². The van der Waals surface area contributed by atoms with Gasteiger partial charge in [-0.2, -0.15) is 0 Å². The Hall–Kier alpha value is -2.83. The maximum Gasteiger partial charge on any atom is 0.277 e. The van der Waals surface area contributed by atoms with Gasteiger partial charge in [0.05, 0.1) is 0 Å². The quantitative estimate of drug-likeness (QED) is 0.333. The summed E-state index contributed by atoms with van der Waals surface area (Å²) in [6.07, 6.45) is 0. The van der Waals surface area contributed by atoms with E-state index in [2.05, 4.69) is 15.6 Å². The second-order valence-corrected chi connectivity index (χ2v) is 3.84. The number of hydrogen-bond donors (Lipinski definition) is 3. The monoisotopic (exact) mass is 260 g/mol. The zero-order valence-electron chi connectivity index (χ0n) is 10.1. The number of aryl methyl sites for hydroxylation is 1. The van der Waals surface area contributed by atoms with Crippen LogP contribution < -0.4 is 11.1 Å². The highest BCUT2D eigenvalue weighted by Crippen LogP contribution is 2.11. The van der Waals surface area contributed by atoms with E-state index >= 15 is 0 Å². The van der Waals surface area contributed by atoms with Gasteiger partial charge in [-0.25, -0.2) is 0 Å². The largest absolute Gasteiger partial charge is 0.409 e. The number of nitrogens with two attached hydrogens (primary N) is 1. The first-order valence-electron chi connectivity index (χ1n) is 5.43. The van der Waals surface area contributed by atoms with Crippen LogP contribution in [-0.2, 0) is 0 Å². The molecule has 7 heteroatoms. The van der Waals surface area contributed by atoms with Crippen LogP contribution in [0, 0.1) is 6.92 Å². The zero-order valence-corrected chi connectivity index (χ0v) is 10.1. The van der Waals surface area contributed by atoms with Crippen molar-refractivity contribution in [2.24, 2.45) is 10.9 Å². The van der Waals surface area contributed by atoms with Crippen LogP contribution in [0.2, 0.25) is 0 Å². The average Bonchev–Trinajstić information content (AvgIpc) is 2.85. The van der Waals surface area contributed by atoms with Crippen molar-refractivity contribution in [2.75, 3.05) is 5.32 Å². The Labute approximate surface area is 108 Å². The molecule has 1 aromatic carbocycles. The summed E-state index contributed by atoms with van der Waals surface area (Å²) in [6, 6.07) is 8.06. The molecule has 2 rings (SSSR count). The van der Waals surface area contributed by atoms with Crippen LogP contribution in [-0.4, -0.2) is 22.1 Å². The van der Waals surface area contributed by atoms with E-state index in [9.17, 15) is 4.79 Å². The molecule has 0 unspecified atom stereocenters. The number of hydrogen-bond acceptors (Lipinski definition) is 5. The van der Waals surface area contributed by atoms with Crippen LogP contribution in [0.4, 0.5) is 5.69 Å². The molecule has 1 heterocycles. The molecule has 4 N–H and O–H groups in total. The van der Waals surface area contributed by atoms with Crippen LogP contribution in [0.3, 0.4) is 0 Å². The fraction of sp³-hybridized carbons (Fsp3) is 0.0833. The number of amidine groups is 1. The fourth-order valence-electron chi connectivity index (χ4n) is 1.45. The number of carbonyl (C=O) groups is 1. The van der Waals surface area contributed by atoms with Gasteiger partial charge in [0, 0.05) is 17.3 Å². The van der Waals surface area contributed by atoms with Gasteiger partial charge in [-0.15, -0.1) is 0 Å². The second-order valence-electron chi connectivity index (χ2n) is 3.84. The summed E-state index contributed by atoms with van der Waals surface area (Å²) in [5, 5.41) is 17.7. The van der Waals surface area contributed by atoms with Gasteiger partial charge < -0.3 is 20.8 Å². The molecule has 98 valence electrons. The van der Waals surface area contributed by atoms with Crippen molar-refractivity contribution in [2.45, 2.75) is 6.92 Å². The number of benzene rings is 1. The molecule has 0 aliphatic carbocycles. The van der Waals surface area contributed by atoms with Gasteiger partial charge in [0.1, 0.15) is 5.76 Å². The third kappa shape index (κ3) is 2.89. The minimum atomic E-state index is -0.367. The minimum Gasteiger partial charge on any atom is -0.409 e. The summed E-state index contributed by atoms with van der Waals surface area (Å²) < 4.78 is 4.82. The summed E-state index contributed by atoms with van der Waals surface area (Å²) in [4.78, 5) is 11.8. The second kappa shape index (κ2) is 5.21. The molecule has 0 atom stereocenters. The van der Waals surface area contributed by atoms with Crippen molar-refractivity contribution in [3.8, 4) is 0 Å². The normalized spacial score (nSPS) is 11.3. The summed E-state index contributed by atoms with van der Waals surface area (Å²) in [7, 11) is 0. The van der Waals surface area contributed by atoms with E-state index in [1.54, 1.807) is 37.3 Å². The molecule has 1 amide bonds. The average molecular weight is 260 g/mol. The third-order valence-corrected chi connectivity index (χ3v) is 2.41. The highest BCUT2D eigenvalue weighted by Gasteiger charge is 2.11. The first-order valence-corrected chi connectivity index (χ1v) is 5.43. The molecule has 19 heavy (non-hydrogen) atoms. The summed E-state index contributed by atoms with van der Waals surface area (Å²) in [5.74, 6) is 0.200. The molecule has 0 radical (unpaired) electrons. The Bertz CT molecular complexity index is 616. The van der Waals surface area contributed by atoms with Crippen molar-refractivity contribution in [3.05, 3.63) is 47.3 Å². The number of carbonyl (C=O) groups excluding carboxylic acids is 1. The lowest BCUT2D eigenvalue weighted by Crippen LogP contribution is -2.14. The minimum absolute atomic E-state index is 0.00463. The lowest BCUT2D eigenvalue weighted by atomic mass is 10.2. The molecule has 0 fully saturated rings. The Kier molecular flexibility index (Phi) is 3.46. The SMILES string of the molecule is Cc1cc(C(=O)Nc2ccc(C(N)=NO)cc2)no1. The van der Waals surface area contributed by atoms with Gasteiger partial charge in [0.2, 0.25) is 0 Å². The molecule has 0 saturated heterocycles. The van der Waals surface area contributed by atoms with Gasteiger partial charge in [0.15, 0.2) is 11.5 Å². The van der Waals surface area contributed by atoms with E-state index in [4.69, 9.17) is 15.5 Å². The molecule has 0 bridgehead atoms. The zero-order chi connectivity index (χ0) is 13.8. The molecule has 0 spiro atoms. The lowest BCUT2D eigenvalue weighted by Gasteiger charge is -2.04. The Morgan fingerprint density at radius 2 is 2.11 bits per heavy atom. The fourth-order valence-corrected chi connectivity index (χ4v) is 1.45. The number of rotatable bonds is 3. The van der Waals surface area contributed by atoms with Crippen molar-refractivity contribution in [1.82, 2.24) is 5.16 Å². The highest BCUT2D eigenvalue weighted by molar-refractivity contribution is 6.03. The number of anilines is 1. The van der Waals surface area contributed by atoms with E-state index in [1.165, 1.54) is 0 Å². The molecule has 0 aliphatic heterocycles. The van der Waals surface area contributed by atoms with Crippen molar-refractivity contribution >= 4 is 17.4 Å². The molecular formula is C12H12N4O3. The number of oxime groups is 1. The van der Waals surface area contributed by atoms with Gasteiger partial charge in [0.25, 0.3) is 5.91 Å². The third-order valence-electron chi connectivity index (χ3n) is 2.41. The lowest BCUT2D eigenvalue weighted by molar-refractivity contribution is 0.101. The smallest absolute Gasteiger partial charge is 0.277 e. The molecule has 2 aromatic rings. The molecule has 0 saturated carbocycles. The maximum absolute atomic E-state index is 11.8. The van der Waals surface area contributed by atoms with Gasteiger partial charge >= 0.3 is 0 Å². The van der Waals surface area contributed by atoms with Crippen molar-refractivity contribution in [3.63, 3.8) is 0 Å². The molecule has 7 nitrogen and oxygen atoms in total. The van der Waals surface area contributed by atoms with Crippen LogP contribution in [0.1, 0.15) is 21.8 Å². The van der Waals surface area contributed by atoms with E-state index in [0.29, 0.717) is 17.0 Å². The summed E-state index contributed by atoms with van der Waals surface area (Å²) in [6.45, 7) is 1.70. The molecule has 0 aliphatic rings. The summed E-state index contributed by atoms with van der Waals surface area (Å²) >= 11 is 0. The Morgan fingerprint density at radius 3 is 2.63 bits per heavy atom. The maximum atomic E-state index is 11.8. The van der Waals surface area contributed by atoms with Crippen LogP contribution in [0.5, 0.6) is 0 Å². The van der Waals surface area contributed by atoms with E-state index in [1.807, 2.05) is 0 Å². The van der Waals surface area contributed by atoms with Crippen LogP contribution in [0.15, 0.2) is 40.0 Å². The number of amides is 1. The first kappa shape index (κ1) is 12.6. The summed E-state index contributed by atoms with van der Waals surface area (Å²) in [5.41, 5.74) is 6.76. The number of aromatic nitrogens is 1. The number of nitrogens with one attached hydrogen (secondary N) is 1. The van der Waals surface area contributed by atoms with Crippen molar-refractivity contribution < 1.29 is 14.5 Å². The number of nitrogens with zero attached hydrogens (tertiary/aromatic N) is 2. The van der Waals surface area contributed by atoms with E-state index in [-0.39, 0.29) is 17.4 Å². The highest BCUT2D eigenvalue weighted by atomic mass is 16.5.